The third-order valence-corrected chi connectivity index (χ3v) is 8.56. The maximum Gasteiger partial charge on any atom is 0.275 e. The van der Waals surface area contributed by atoms with Gasteiger partial charge in [0.2, 0.25) is 0 Å². The monoisotopic (exact) mass is 455 g/mol. The van der Waals surface area contributed by atoms with Crippen LogP contribution in [-0.2, 0) is 0 Å². The molecule has 3 N–H and O–H groups in total. The second-order valence-corrected chi connectivity index (χ2v) is 11.2. The second-order valence-electron chi connectivity index (χ2n) is 11.2. The van der Waals surface area contributed by atoms with Crippen molar-refractivity contribution in [1.29, 1.82) is 0 Å². The molecule has 0 aromatic rings. The highest BCUT2D eigenvalue weighted by molar-refractivity contribution is 5.38. The van der Waals surface area contributed by atoms with Gasteiger partial charge in [-0.2, -0.15) is 0 Å². The van der Waals surface area contributed by atoms with Crippen molar-refractivity contribution in [1.82, 2.24) is 0 Å². The van der Waals surface area contributed by atoms with E-state index in [0.717, 1.165) is 51.5 Å². The zero-order chi connectivity index (χ0) is 26.3. The van der Waals surface area contributed by atoms with Crippen LogP contribution in [0.15, 0.2) is 35.4 Å². The Morgan fingerprint density at radius 2 is 2.06 bits per heavy atom. The van der Waals surface area contributed by atoms with Gasteiger partial charge >= 0.3 is 0 Å². The molecule has 3 fully saturated rings. The summed E-state index contributed by atoms with van der Waals surface area (Å²) < 4.78 is 53.0. The Balaban J connectivity index is 1.83. The predicted octanol–water partition coefficient (Wildman–Crippen LogP) is 5.95. The molecular formula is C27H42F2O3. The molecule has 32 heavy (non-hydrogen) atoms. The molecule has 3 rings (SSSR count). The first kappa shape index (κ1) is 21.5. The summed E-state index contributed by atoms with van der Waals surface area (Å²) in [6, 6.07) is 0.148. The predicted molar refractivity (Wildman–Crippen MR) is 124 cm³/mol. The molecule has 0 aliphatic heterocycles. The zero-order valence-corrected chi connectivity index (χ0v) is 19.9. The van der Waals surface area contributed by atoms with E-state index >= 15 is 0 Å². The van der Waals surface area contributed by atoms with Crippen molar-refractivity contribution in [3.8, 4) is 0 Å². The van der Waals surface area contributed by atoms with Gasteiger partial charge in [0.1, 0.15) is 5.60 Å². The fourth-order valence-corrected chi connectivity index (χ4v) is 6.43. The van der Waals surface area contributed by atoms with Crippen LogP contribution in [0, 0.1) is 23.2 Å². The molecule has 0 aromatic carbocycles. The lowest BCUT2D eigenvalue weighted by Gasteiger charge is -2.44. The minimum Gasteiger partial charge on any atom is -0.393 e. The standard InChI is InChI=1S/C27H42F2O3/c1-17(12-14-27(28,29)25(3,4)32)22-10-11-23-19(7-6-13-26(22,23)5)8-9-20-15-21(30)16-24(31)18(20)2/h8-9,17,21-24,30-32H,2,6-7,10-16H2,1,3-5H3/b19-8+,20-9-/t17-,21-,22-,23+,24+,26-/m1/s1/i2D2,9D. The average molecular weight is 456 g/mol. The van der Waals surface area contributed by atoms with Crippen LogP contribution < -0.4 is 0 Å². The van der Waals surface area contributed by atoms with Crippen LogP contribution in [0.4, 0.5) is 8.78 Å². The van der Waals surface area contributed by atoms with E-state index in [-0.39, 0.29) is 54.1 Å². The summed E-state index contributed by atoms with van der Waals surface area (Å²) in [5, 5.41) is 30.3. The lowest BCUT2D eigenvalue weighted by Crippen LogP contribution is -2.43. The van der Waals surface area contributed by atoms with Gasteiger partial charge in [-0.3, -0.25) is 0 Å². The lowest BCUT2D eigenvalue weighted by molar-refractivity contribution is -0.168. The topological polar surface area (TPSA) is 60.7 Å². The van der Waals surface area contributed by atoms with Gasteiger partial charge in [-0.1, -0.05) is 38.1 Å². The Hall–Kier alpha value is -1.04. The van der Waals surface area contributed by atoms with Gasteiger partial charge in [0.05, 0.1) is 16.3 Å². The van der Waals surface area contributed by atoms with Gasteiger partial charge in [-0.15, -0.1) is 0 Å². The van der Waals surface area contributed by atoms with Crippen molar-refractivity contribution < 1.29 is 28.2 Å². The molecule has 0 unspecified atom stereocenters. The van der Waals surface area contributed by atoms with Gasteiger partial charge in [0.15, 0.2) is 0 Å². The Labute approximate surface area is 196 Å². The molecule has 0 radical (unpaired) electrons. The molecule has 0 spiro atoms. The molecule has 0 amide bonds. The molecule has 3 saturated carbocycles. The normalized spacial score (nSPS) is 39.2. The summed E-state index contributed by atoms with van der Waals surface area (Å²) in [5.41, 5.74) is -0.468. The van der Waals surface area contributed by atoms with Crippen LogP contribution in [-0.4, -0.2) is 39.1 Å². The van der Waals surface area contributed by atoms with Crippen LogP contribution in [0.25, 0.3) is 0 Å². The number of hydrogen-bond acceptors (Lipinski definition) is 3. The van der Waals surface area contributed by atoms with Crippen LogP contribution in [0.5, 0.6) is 0 Å². The molecule has 0 heterocycles. The molecule has 6 atom stereocenters. The van der Waals surface area contributed by atoms with E-state index in [1.54, 1.807) is 0 Å². The molecule has 3 aliphatic carbocycles. The van der Waals surface area contributed by atoms with Crippen molar-refractivity contribution >= 4 is 0 Å². The van der Waals surface area contributed by atoms with Crippen molar-refractivity contribution in [3.63, 3.8) is 0 Å². The van der Waals surface area contributed by atoms with E-state index in [1.165, 1.54) is 0 Å². The fraction of sp³-hybridized carbons (Fsp3) is 0.778. The smallest absolute Gasteiger partial charge is 0.275 e. The summed E-state index contributed by atoms with van der Waals surface area (Å²) in [6.07, 6.45) is 4.76. The summed E-state index contributed by atoms with van der Waals surface area (Å²) in [4.78, 5) is 0. The third-order valence-electron chi connectivity index (χ3n) is 8.56. The molecule has 3 nitrogen and oxygen atoms in total. The molecule has 0 saturated heterocycles. The first-order valence-corrected chi connectivity index (χ1v) is 12.1. The number of aliphatic hydroxyl groups is 3. The second kappa shape index (κ2) is 9.31. The first-order valence-electron chi connectivity index (χ1n) is 13.6. The Morgan fingerprint density at radius 1 is 1.34 bits per heavy atom. The van der Waals surface area contributed by atoms with Gasteiger partial charge in [-0.25, -0.2) is 8.78 Å². The number of allylic oxidation sites excluding steroid dienone is 3. The van der Waals surface area contributed by atoms with Crippen LogP contribution in [0.1, 0.15) is 89.6 Å². The van der Waals surface area contributed by atoms with E-state index in [2.05, 4.69) is 6.92 Å². The number of alkyl halides is 2. The highest BCUT2D eigenvalue weighted by Crippen LogP contribution is 2.60. The first-order chi connectivity index (χ1) is 16.1. The molecule has 0 aromatic heterocycles. The summed E-state index contributed by atoms with van der Waals surface area (Å²) in [6.45, 7) is 6.08. The molecule has 0 bridgehead atoms. The van der Waals surface area contributed by atoms with Crippen LogP contribution in [0.2, 0.25) is 0 Å². The van der Waals surface area contributed by atoms with Crippen LogP contribution >= 0.6 is 0 Å². The summed E-state index contributed by atoms with van der Waals surface area (Å²) in [7, 11) is 0. The quantitative estimate of drug-likeness (QED) is 0.464. The van der Waals surface area contributed by atoms with Crippen molar-refractivity contribution in [2.24, 2.45) is 23.2 Å². The lowest BCUT2D eigenvalue weighted by atomic mass is 9.60. The molecule has 5 heteroatoms. The number of hydrogen-bond donors (Lipinski definition) is 3. The Kier molecular flexibility index (Phi) is 6.25. The maximum absolute atomic E-state index is 14.4. The highest BCUT2D eigenvalue weighted by atomic mass is 19.3. The molecular weight excluding hydrogens is 410 g/mol. The fourth-order valence-electron chi connectivity index (χ4n) is 6.43. The summed E-state index contributed by atoms with van der Waals surface area (Å²) in [5.74, 6) is -2.55. The highest BCUT2D eigenvalue weighted by Gasteiger charge is 2.51. The number of aliphatic hydroxyl groups excluding tert-OH is 2. The van der Waals surface area contributed by atoms with Crippen molar-refractivity contribution in [3.05, 3.63) is 35.4 Å². The van der Waals surface area contributed by atoms with Gasteiger partial charge in [0, 0.05) is 12.8 Å². The van der Waals surface area contributed by atoms with Gasteiger partial charge in [0.25, 0.3) is 5.92 Å². The van der Waals surface area contributed by atoms with Gasteiger partial charge in [-0.05, 0) is 93.1 Å². The number of fused-ring (bicyclic) bond motifs is 1. The SMILES string of the molecule is [2H]C([2H])=C1/C(=C([2H])\C=C2/CCC[C@]3(C)[C@@H]([C@H](C)CCC(F)(F)C(C)(C)O)CC[C@@H]23)C[C@@H](O)C[C@@H]1O. The van der Waals surface area contributed by atoms with Crippen molar-refractivity contribution in [2.75, 3.05) is 0 Å². The van der Waals surface area contributed by atoms with E-state index < -0.39 is 30.3 Å². The van der Waals surface area contributed by atoms with Crippen LogP contribution in [0.3, 0.4) is 0 Å². The van der Waals surface area contributed by atoms with E-state index in [4.69, 9.17) is 4.11 Å². The van der Waals surface area contributed by atoms with E-state index in [1.807, 2.05) is 13.0 Å². The number of halogens is 2. The summed E-state index contributed by atoms with van der Waals surface area (Å²) >= 11 is 0. The molecule has 182 valence electrons. The van der Waals surface area contributed by atoms with E-state index in [0.29, 0.717) is 12.0 Å². The minimum atomic E-state index is -3.14. The zero-order valence-electron chi connectivity index (χ0n) is 22.9. The Morgan fingerprint density at radius 3 is 2.72 bits per heavy atom. The van der Waals surface area contributed by atoms with E-state index in [9.17, 15) is 24.1 Å². The number of rotatable bonds is 6. The largest absolute Gasteiger partial charge is 0.393 e. The van der Waals surface area contributed by atoms with Crippen molar-refractivity contribution in [2.45, 2.75) is 109 Å². The van der Waals surface area contributed by atoms with Gasteiger partial charge < -0.3 is 15.3 Å². The molecule has 3 aliphatic rings. The maximum atomic E-state index is 14.4. The minimum absolute atomic E-state index is 0.0568. The third kappa shape index (κ3) is 5.05. The Bertz CT molecular complexity index is 889. The average Bonchev–Trinajstić information content (AvgIpc) is 3.08.